The van der Waals surface area contributed by atoms with Gasteiger partial charge in [-0.3, -0.25) is 0 Å². The van der Waals surface area contributed by atoms with Gasteiger partial charge in [-0.15, -0.1) is 0 Å². The van der Waals surface area contributed by atoms with Gasteiger partial charge in [0.05, 0.1) is 20.3 Å². The van der Waals surface area contributed by atoms with Crippen molar-refractivity contribution in [1.82, 2.24) is 5.32 Å². The standard InChI is InChI=1S/C21H30FN3O4/c1-12(2)15-18(27-6)24-17(19(23-15)28-7)16(13-10-8-9-11-14(13)22)25-20(26)29-21(3,4)5/h8-12,15-17H,1-7H3,(H,25,26)/t15-,16?,17+/m1/s1. The number of ether oxygens (including phenoxy) is 3. The van der Waals surface area contributed by atoms with E-state index < -0.39 is 29.6 Å². The van der Waals surface area contributed by atoms with E-state index in [-0.39, 0.29) is 23.4 Å². The molecule has 7 nitrogen and oxygen atoms in total. The van der Waals surface area contributed by atoms with Crippen LogP contribution in [-0.4, -0.2) is 49.8 Å². The van der Waals surface area contributed by atoms with Gasteiger partial charge in [0.25, 0.3) is 0 Å². The van der Waals surface area contributed by atoms with E-state index >= 15 is 0 Å². The van der Waals surface area contributed by atoms with E-state index in [0.29, 0.717) is 5.90 Å². The number of methoxy groups -OCH3 is 2. The third kappa shape index (κ3) is 5.68. The van der Waals surface area contributed by atoms with E-state index in [9.17, 15) is 9.18 Å². The Morgan fingerprint density at radius 3 is 2.14 bits per heavy atom. The molecule has 0 aliphatic carbocycles. The minimum atomic E-state index is -0.900. The van der Waals surface area contributed by atoms with Gasteiger partial charge in [0.1, 0.15) is 17.5 Å². The molecule has 0 saturated carbocycles. The third-order valence-electron chi connectivity index (χ3n) is 4.32. The Labute approximate surface area is 171 Å². The van der Waals surface area contributed by atoms with E-state index in [1.54, 1.807) is 39.0 Å². The van der Waals surface area contributed by atoms with Gasteiger partial charge in [-0.05, 0) is 32.8 Å². The van der Waals surface area contributed by atoms with Crippen LogP contribution < -0.4 is 5.32 Å². The molecule has 0 spiro atoms. The normalized spacial score (nSPS) is 20.4. The van der Waals surface area contributed by atoms with Crippen LogP contribution in [0.2, 0.25) is 0 Å². The molecule has 29 heavy (non-hydrogen) atoms. The first-order chi connectivity index (χ1) is 13.6. The molecule has 0 saturated heterocycles. The van der Waals surface area contributed by atoms with E-state index in [1.807, 2.05) is 13.8 Å². The van der Waals surface area contributed by atoms with Gasteiger partial charge in [-0.25, -0.2) is 19.2 Å². The van der Waals surface area contributed by atoms with Gasteiger partial charge in [-0.2, -0.15) is 0 Å². The first-order valence-corrected chi connectivity index (χ1v) is 9.54. The number of aliphatic imine (C=N–C) groups is 2. The van der Waals surface area contributed by atoms with Crippen LogP contribution in [0.25, 0.3) is 0 Å². The molecule has 0 radical (unpaired) electrons. The summed E-state index contributed by atoms with van der Waals surface area (Å²) in [4.78, 5) is 21.7. The summed E-state index contributed by atoms with van der Waals surface area (Å²) in [6, 6.07) is 4.14. The number of alkyl carbamates (subject to hydrolysis) is 1. The van der Waals surface area contributed by atoms with Crippen LogP contribution in [-0.2, 0) is 14.2 Å². The summed E-state index contributed by atoms with van der Waals surface area (Å²) >= 11 is 0. The summed E-state index contributed by atoms with van der Waals surface area (Å²) in [6.45, 7) is 9.23. The zero-order valence-electron chi connectivity index (χ0n) is 18.0. The first-order valence-electron chi connectivity index (χ1n) is 9.54. The summed E-state index contributed by atoms with van der Waals surface area (Å²) in [7, 11) is 2.99. The fraction of sp³-hybridized carbons (Fsp3) is 0.571. The van der Waals surface area contributed by atoms with Gasteiger partial charge in [0.15, 0.2) is 6.04 Å². The minimum absolute atomic E-state index is 0.116. The molecular weight excluding hydrogens is 377 g/mol. The number of nitrogens with zero attached hydrogens (tertiary/aromatic N) is 2. The van der Waals surface area contributed by atoms with E-state index in [1.165, 1.54) is 20.3 Å². The number of benzene rings is 1. The zero-order valence-corrected chi connectivity index (χ0v) is 18.0. The van der Waals surface area contributed by atoms with Gasteiger partial charge in [0, 0.05) is 5.56 Å². The maximum Gasteiger partial charge on any atom is 0.408 e. The number of hydrogen-bond acceptors (Lipinski definition) is 6. The lowest BCUT2D eigenvalue weighted by molar-refractivity contribution is 0.0498. The average molecular weight is 407 g/mol. The largest absolute Gasteiger partial charge is 0.483 e. The van der Waals surface area contributed by atoms with Crippen molar-refractivity contribution in [3.05, 3.63) is 35.6 Å². The molecule has 2 rings (SSSR count). The molecule has 1 amide bonds. The number of carbonyl (C=O) groups excluding carboxylic acids is 1. The summed E-state index contributed by atoms with van der Waals surface area (Å²) in [5.41, 5.74) is -0.464. The maximum absolute atomic E-state index is 14.6. The van der Waals surface area contributed by atoms with Gasteiger partial charge in [0.2, 0.25) is 11.8 Å². The Bertz CT molecular complexity index is 786. The molecule has 0 aromatic heterocycles. The van der Waals surface area contributed by atoms with Crippen LogP contribution in [0.5, 0.6) is 0 Å². The fourth-order valence-electron chi connectivity index (χ4n) is 3.02. The summed E-state index contributed by atoms with van der Waals surface area (Å²) in [5, 5.41) is 2.73. The van der Waals surface area contributed by atoms with Crippen molar-refractivity contribution in [2.45, 2.75) is 58.3 Å². The van der Waals surface area contributed by atoms with Gasteiger partial charge < -0.3 is 19.5 Å². The van der Waals surface area contributed by atoms with Crippen molar-refractivity contribution < 1.29 is 23.4 Å². The Morgan fingerprint density at radius 1 is 1.07 bits per heavy atom. The Balaban J connectivity index is 2.49. The molecular formula is C21H30FN3O4. The Kier molecular flexibility index (Phi) is 7.21. The lowest BCUT2D eigenvalue weighted by Crippen LogP contribution is -2.46. The number of hydrogen-bond donors (Lipinski definition) is 1. The van der Waals surface area contributed by atoms with Crippen LogP contribution in [0.15, 0.2) is 34.3 Å². The Morgan fingerprint density at radius 2 is 1.62 bits per heavy atom. The molecule has 0 bridgehead atoms. The second-order valence-corrected chi connectivity index (χ2v) is 8.12. The number of amides is 1. The highest BCUT2D eigenvalue weighted by Gasteiger charge is 2.38. The molecule has 1 aliphatic rings. The number of carbonyl (C=O) groups is 1. The van der Waals surface area contributed by atoms with Crippen LogP contribution >= 0.6 is 0 Å². The van der Waals surface area contributed by atoms with Crippen molar-refractivity contribution in [2.24, 2.45) is 15.9 Å². The van der Waals surface area contributed by atoms with E-state index in [2.05, 4.69) is 15.3 Å². The van der Waals surface area contributed by atoms with Crippen LogP contribution in [0.3, 0.4) is 0 Å². The maximum atomic E-state index is 14.6. The molecule has 1 heterocycles. The quantitative estimate of drug-likeness (QED) is 0.821. The van der Waals surface area contributed by atoms with Crippen LogP contribution in [0.1, 0.15) is 46.2 Å². The second kappa shape index (κ2) is 9.24. The molecule has 1 aliphatic heterocycles. The molecule has 8 heteroatoms. The molecule has 1 aromatic rings. The third-order valence-corrected chi connectivity index (χ3v) is 4.32. The van der Waals surface area contributed by atoms with Crippen molar-refractivity contribution in [3.8, 4) is 0 Å². The Hall–Kier alpha value is -2.64. The number of halogens is 1. The topological polar surface area (TPSA) is 81.5 Å². The van der Waals surface area contributed by atoms with Gasteiger partial charge >= 0.3 is 6.09 Å². The zero-order chi connectivity index (χ0) is 21.8. The molecule has 3 atom stereocenters. The van der Waals surface area contributed by atoms with E-state index in [4.69, 9.17) is 14.2 Å². The predicted molar refractivity (Wildman–Crippen MR) is 110 cm³/mol. The van der Waals surface area contributed by atoms with Gasteiger partial charge in [-0.1, -0.05) is 32.0 Å². The van der Waals surface area contributed by atoms with Crippen LogP contribution in [0.4, 0.5) is 9.18 Å². The molecule has 1 unspecified atom stereocenters. The summed E-state index contributed by atoms with van der Waals surface area (Å²) in [5.74, 6) is 0.321. The van der Waals surface area contributed by atoms with E-state index in [0.717, 1.165) is 0 Å². The van der Waals surface area contributed by atoms with Crippen molar-refractivity contribution in [3.63, 3.8) is 0 Å². The first kappa shape index (κ1) is 22.6. The number of nitrogens with one attached hydrogen (secondary N) is 1. The number of rotatable bonds is 4. The van der Waals surface area contributed by atoms with Crippen LogP contribution in [0, 0.1) is 11.7 Å². The lowest BCUT2D eigenvalue weighted by atomic mass is 9.96. The molecule has 160 valence electrons. The highest BCUT2D eigenvalue weighted by molar-refractivity contribution is 5.95. The molecule has 0 fully saturated rings. The highest BCUT2D eigenvalue weighted by Crippen LogP contribution is 2.28. The smallest absolute Gasteiger partial charge is 0.408 e. The monoisotopic (exact) mass is 407 g/mol. The van der Waals surface area contributed by atoms with Crippen molar-refractivity contribution in [1.29, 1.82) is 0 Å². The fourth-order valence-corrected chi connectivity index (χ4v) is 3.02. The average Bonchev–Trinajstić information content (AvgIpc) is 2.64. The van der Waals surface area contributed by atoms with Crippen molar-refractivity contribution >= 4 is 17.9 Å². The minimum Gasteiger partial charge on any atom is -0.483 e. The SMILES string of the molecule is COC1=N[C@H](C(C)C)C(OC)=N[C@H]1C(NC(=O)OC(C)(C)C)c1ccccc1F. The highest BCUT2D eigenvalue weighted by atomic mass is 19.1. The molecule has 1 N–H and O–H groups in total. The summed E-state index contributed by atoms with van der Waals surface area (Å²) in [6.07, 6.45) is -0.693. The molecule has 1 aromatic carbocycles. The van der Waals surface area contributed by atoms with Crippen molar-refractivity contribution in [2.75, 3.05) is 14.2 Å². The summed E-state index contributed by atoms with van der Waals surface area (Å²) < 4.78 is 30.9. The second-order valence-electron chi connectivity index (χ2n) is 8.12. The predicted octanol–water partition coefficient (Wildman–Crippen LogP) is 3.89. The lowest BCUT2D eigenvalue weighted by Gasteiger charge is -2.32.